The molecule has 1 aliphatic rings. The van der Waals surface area contributed by atoms with Crippen molar-refractivity contribution < 1.29 is 24.3 Å². The van der Waals surface area contributed by atoms with E-state index in [1.807, 2.05) is 20.1 Å². The number of aliphatic carboxylic acids is 1. The molecule has 0 aromatic heterocycles. The van der Waals surface area contributed by atoms with Gasteiger partial charge in [-0.05, 0) is 43.1 Å². The third-order valence-corrected chi connectivity index (χ3v) is 5.96. The van der Waals surface area contributed by atoms with Crippen LogP contribution in [0.1, 0.15) is 47.0 Å². The summed E-state index contributed by atoms with van der Waals surface area (Å²) >= 11 is 1.56. The van der Waals surface area contributed by atoms with Crippen molar-refractivity contribution >= 4 is 35.5 Å². The Hall–Kier alpha value is -1.81. The fourth-order valence-electron chi connectivity index (χ4n) is 3.33. The van der Waals surface area contributed by atoms with Crippen molar-refractivity contribution in [2.45, 2.75) is 71.1 Å². The minimum Gasteiger partial charge on any atom is -0.480 e. The molecule has 9 nitrogen and oxygen atoms in total. The lowest BCUT2D eigenvalue weighted by Crippen LogP contribution is -2.57. The summed E-state index contributed by atoms with van der Waals surface area (Å²) in [5.74, 6) is -2.01. The smallest absolute Gasteiger partial charge is 0.326 e. The molecule has 0 radical (unpaired) electrons. The molecule has 0 aromatic carbocycles. The Morgan fingerprint density at radius 3 is 2.27 bits per heavy atom. The first-order valence-electron chi connectivity index (χ1n) is 10.4. The van der Waals surface area contributed by atoms with E-state index in [4.69, 9.17) is 5.73 Å². The SMILES string of the molecule is CSCCC(NC(=O)C(N)C(C)C)C(=O)N1CCCC1C(=O)NC(C(=O)O)C(C)C. The molecule has 0 spiro atoms. The molecule has 4 unspecified atom stereocenters. The normalized spacial score (nSPS) is 19.5. The zero-order valence-electron chi connectivity index (χ0n) is 18.5. The Morgan fingerprint density at radius 1 is 1.13 bits per heavy atom. The molecular formula is C20H36N4O5S. The molecule has 0 saturated carbocycles. The number of rotatable bonds is 11. The van der Waals surface area contributed by atoms with Crippen molar-refractivity contribution in [3.8, 4) is 0 Å². The lowest BCUT2D eigenvalue weighted by Gasteiger charge is -2.30. The predicted molar refractivity (Wildman–Crippen MR) is 117 cm³/mol. The average Bonchev–Trinajstić information content (AvgIpc) is 3.16. The Kier molecular flexibility index (Phi) is 10.6. The van der Waals surface area contributed by atoms with Gasteiger partial charge in [0, 0.05) is 6.54 Å². The van der Waals surface area contributed by atoms with Gasteiger partial charge in [0.05, 0.1) is 6.04 Å². The van der Waals surface area contributed by atoms with E-state index in [1.165, 1.54) is 4.90 Å². The highest BCUT2D eigenvalue weighted by Gasteiger charge is 2.39. The van der Waals surface area contributed by atoms with Gasteiger partial charge in [0.1, 0.15) is 18.1 Å². The molecule has 1 saturated heterocycles. The first kappa shape index (κ1) is 26.2. The Bertz CT molecular complexity index is 628. The van der Waals surface area contributed by atoms with Crippen LogP contribution < -0.4 is 16.4 Å². The Labute approximate surface area is 182 Å². The van der Waals surface area contributed by atoms with E-state index in [1.54, 1.807) is 25.6 Å². The molecule has 0 aliphatic carbocycles. The number of amides is 3. The topological polar surface area (TPSA) is 142 Å². The van der Waals surface area contributed by atoms with E-state index in [9.17, 15) is 24.3 Å². The summed E-state index contributed by atoms with van der Waals surface area (Å²) in [7, 11) is 0. The number of nitrogens with zero attached hydrogens (tertiary/aromatic N) is 1. The number of likely N-dealkylation sites (tertiary alicyclic amines) is 1. The molecule has 0 aromatic rings. The second kappa shape index (κ2) is 12.1. The quantitative estimate of drug-likeness (QED) is 0.362. The third-order valence-electron chi connectivity index (χ3n) is 5.32. The summed E-state index contributed by atoms with van der Waals surface area (Å²) in [4.78, 5) is 51.3. The number of hydrogen-bond acceptors (Lipinski definition) is 6. The Morgan fingerprint density at radius 2 is 1.77 bits per heavy atom. The zero-order chi connectivity index (χ0) is 23.0. The average molecular weight is 445 g/mol. The Balaban J connectivity index is 2.94. The van der Waals surface area contributed by atoms with E-state index in [2.05, 4.69) is 10.6 Å². The number of carbonyl (C=O) groups excluding carboxylic acids is 3. The minimum absolute atomic E-state index is 0.0735. The number of thioether (sulfide) groups is 1. The van der Waals surface area contributed by atoms with Crippen LogP contribution in [0.5, 0.6) is 0 Å². The van der Waals surface area contributed by atoms with Crippen LogP contribution in [0.15, 0.2) is 0 Å². The highest BCUT2D eigenvalue weighted by atomic mass is 32.2. The van der Waals surface area contributed by atoms with Gasteiger partial charge in [-0.25, -0.2) is 4.79 Å². The second-order valence-electron chi connectivity index (χ2n) is 8.37. The van der Waals surface area contributed by atoms with Gasteiger partial charge in [-0.2, -0.15) is 11.8 Å². The lowest BCUT2D eigenvalue weighted by molar-refractivity contribution is -0.145. The molecule has 172 valence electrons. The van der Waals surface area contributed by atoms with Crippen LogP contribution in [0.2, 0.25) is 0 Å². The largest absolute Gasteiger partial charge is 0.480 e. The third kappa shape index (κ3) is 7.16. The van der Waals surface area contributed by atoms with Gasteiger partial charge in [0.15, 0.2) is 0 Å². The maximum atomic E-state index is 13.2. The highest BCUT2D eigenvalue weighted by molar-refractivity contribution is 7.98. The molecule has 5 N–H and O–H groups in total. The van der Waals surface area contributed by atoms with E-state index >= 15 is 0 Å². The minimum atomic E-state index is -1.11. The number of nitrogens with two attached hydrogens (primary N) is 1. The van der Waals surface area contributed by atoms with Crippen molar-refractivity contribution in [3.05, 3.63) is 0 Å². The summed E-state index contributed by atoms with van der Waals surface area (Å²) in [6.45, 7) is 7.47. The maximum Gasteiger partial charge on any atom is 0.326 e. The van der Waals surface area contributed by atoms with E-state index in [-0.39, 0.29) is 17.7 Å². The number of carboxylic acids is 1. The maximum absolute atomic E-state index is 13.2. The van der Waals surface area contributed by atoms with Crippen LogP contribution in [-0.2, 0) is 19.2 Å². The molecule has 4 atom stereocenters. The molecule has 10 heteroatoms. The first-order chi connectivity index (χ1) is 14.0. The van der Waals surface area contributed by atoms with Gasteiger partial charge < -0.3 is 26.4 Å². The van der Waals surface area contributed by atoms with Gasteiger partial charge in [-0.15, -0.1) is 0 Å². The van der Waals surface area contributed by atoms with Crippen LogP contribution in [0.3, 0.4) is 0 Å². The molecule has 1 heterocycles. The summed E-state index contributed by atoms with van der Waals surface area (Å²) in [5.41, 5.74) is 5.92. The molecule has 0 bridgehead atoms. The van der Waals surface area contributed by atoms with Crippen molar-refractivity contribution in [2.75, 3.05) is 18.6 Å². The van der Waals surface area contributed by atoms with Gasteiger partial charge in [0.2, 0.25) is 17.7 Å². The van der Waals surface area contributed by atoms with Crippen molar-refractivity contribution in [1.29, 1.82) is 0 Å². The lowest BCUT2D eigenvalue weighted by atomic mass is 10.0. The molecule has 1 fully saturated rings. The van der Waals surface area contributed by atoms with Gasteiger partial charge in [-0.3, -0.25) is 14.4 Å². The molecule has 1 aliphatic heterocycles. The number of nitrogens with one attached hydrogen (secondary N) is 2. The van der Waals surface area contributed by atoms with E-state index in [0.29, 0.717) is 31.6 Å². The fraction of sp³-hybridized carbons (Fsp3) is 0.800. The molecule has 1 rings (SSSR count). The number of hydrogen-bond donors (Lipinski definition) is 4. The number of carboxylic acid groups (broad SMARTS) is 1. The molecule has 30 heavy (non-hydrogen) atoms. The van der Waals surface area contributed by atoms with Crippen LogP contribution >= 0.6 is 11.8 Å². The fourth-order valence-corrected chi connectivity index (χ4v) is 3.80. The van der Waals surface area contributed by atoms with Crippen LogP contribution in [0, 0.1) is 11.8 Å². The van der Waals surface area contributed by atoms with Gasteiger partial charge in [-0.1, -0.05) is 27.7 Å². The summed E-state index contributed by atoms with van der Waals surface area (Å²) in [6.07, 6.45) is 3.42. The monoisotopic (exact) mass is 444 g/mol. The highest BCUT2D eigenvalue weighted by Crippen LogP contribution is 2.20. The summed E-state index contributed by atoms with van der Waals surface area (Å²) in [5, 5.41) is 14.6. The summed E-state index contributed by atoms with van der Waals surface area (Å²) < 4.78 is 0. The van der Waals surface area contributed by atoms with E-state index < -0.39 is 42.0 Å². The second-order valence-corrected chi connectivity index (χ2v) is 9.36. The standard InChI is InChI=1S/C20H36N4O5S/c1-11(2)15(21)18(26)22-13(8-10-30-5)19(27)24-9-6-7-14(24)17(25)23-16(12(3)4)20(28)29/h11-16H,6-10,21H2,1-5H3,(H,22,26)(H,23,25)(H,28,29). The van der Waals surface area contributed by atoms with Crippen molar-refractivity contribution in [1.82, 2.24) is 15.5 Å². The summed E-state index contributed by atoms with van der Waals surface area (Å²) in [6, 6.07) is -3.27. The zero-order valence-corrected chi connectivity index (χ0v) is 19.3. The van der Waals surface area contributed by atoms with E-state index in [0.717, 1.165) is 0 Å². The molecule has 3 amide bonds. The van der Waals surface area contributed by atoms with Crippen LogP contribution in [0.4, 0.5) is 0 Å². The van der Waals surface area contributed by atoms with Gasteiger partial charge >= 0.3 is 5.97 Å². The first-order valence-corrected chi connectivity index (χ1v) is 11.8. The number of carbonyl (C=O) groups is 4. The van der Waals surface area contributed by atoms with Gasteiger partial charge in [0.25, 0.3) is 0 Å². The van der Waals surface area contributed by atoms with Crippen molar-refractivity contribution in [3.63, 3.8) is 0 Å². The molecular weight excluding hydrogens is 408 g/mol. The van der Waals surface area contributed by atoms with Crippen molar-refractivity contribution in [2.24, 2.45) is 17.6 Å². The van der Waals surface area contributed by atoms with Crippen LogP contribution in [0.25, 0.3) is 0 Å². The predicted octanol–water partition coefficient (Wildman–Crippen LogP) is 0.424. The van der Waals surface area contributed by atoms with Crippen LogP contribution in [-0.4, -0.2) is 76.4 Å².